The summed E-state index contributed by atoms with van der Waals surface area (Å²) in [4.78, 5) is 29.0. The summed E-state index contributed by atoms with van der Waals surface area (Å²) in [6, 6.07) is 22.8. The number of halogens is 2. The van der Waals surface area contributed by atoms with Gasteiger partial charge in [0.15, 0.2) is 0 Å². The summed E-state index contributed by atoms with van der Waals surface area (Å²) in [6.07, 6.45) is 0.962. The number of nitrogens with one attached hydrogen (secondary N) is 2. The minimum Gasteiger partial charge on any atom is -0.487 e. The molecule has 0 radical (unpaired) electrons. The summed E-state index contributed by atoms with van der Waals surface area (Å²) >= 11 is 0. The lowest BCUT2D eigenvalue weighted by molar-refractivity contribution is -0.125. The van der Waals surface area contributed by atoms with Crippen molar-refractivity contribution in [3.8, 4) is 11.5 Å². The van der Waals surface area contributed by atoms with Crippen LogP contribution in [-0.2, 0) is 22.8 Å². The number of benzene rings is 3. The molecule has 1 amide bonds. The fourth-order valence-corrected chi connectivity index (χ4v) is 3.92. The van der Waals surface area contributed by atoms with Gasteiger partial charge in [-0.15, -0.1) is 0 Å². The van der Waals surface area contributed by atoms with Crippen molar-refractivity contribution >= 4 is 22.8 Å². The molecule has 0 unspecified atom stereocenters. The number of ether oxygens (including phenoxy) is 2. The number of para-hydroxylation sites is 1. The molecular formula is C28H27F2N3O5. The van der Waals surface area contributed by atoms with E-state index in [1.165, 1.54) is 6.07 Å². The number of aromatic nitrogens is 1. The Morgan fingerprint density at radius 1 is 0.947 bits per heavy atom. The summed E-state index contributed by atoms with van der Waals surface area (Å²) < 4.78 is 37.9. The lowest BCUT2D eigenvalue weighted by Crippen LogP contribution is -2.38. The zero-order valence-electron chi connectivity index (χ0n) is 20.7. The molecule has 3 aromatic carbocycles. The van der Waals surface area contributed by atoms with Crippen molar-refractivity contribution < 1.29 is 32.7 Å². The number of nitrogens with zero attached hydrogens (tertiary/aromatic N) is 1. The number of rotatable bonds is 12. The third-order valence-corrected chi connectivity index (χ3v) is 5.63. The van der Waals surface area contributed by atoms with Gasteiger partial charge < -0.3 is 18.9 Å². The van der Waals surface area contributed by atoms with Crippen LogP contribution in [0.2, 0.25) is 0 Å². The lowest BCUT2D eigenvalue weighted by Gasteiger charge is -2.13. The van der Waals surface area contributed by atoms with E-state index in [9.17, 15) is 18.4 Å². The van der Waals surface area contributed by atoms with Gasteiger partial charge in [0.25, 0.3) is 0 Å². The SMILES string of the molecule is CCCC(=O)NNOC(=O)c1ccc2c(c1)cc(COc1ccccc1)n2Cc1cccc(OC(F)F)c1. The Morgan fingerprint density at radius 2 is 1.74 bits per heavy atom. The van der Waals surface area contributed by atoms with Crippen LogP contribution in [0, 0.1) is 0 Å². The standard InChI is InChI=1S/C28H27F2N3O5/c1-2-7-26(34)31-32-38-27(35)20-12-13-25-21(15-20)16-22(18-36-23-9-4-3-5-10-23)33(25)17-19-8-6-11-24(14-19)37-28(29)30/h3-6,8-16,28,32H,2,7,17-18H2,1H3,(H,31,34). The second kappa shape index (κ2) is 12.7. The van der Waals surface area contributed by atoms with Gasteiger partial charge in [0.1, 0.15) is 18.1 Å². The summed E-state index contributed by atoms with van der Waals surface area (Å²) in [5.41, 5.74) is 7.11. The maximum absolute atomic E-state index is 12.7. The molecule has 8 nitrogen and oxygen atoms in total. The highest BCUT2D eigenvalue weighted by atomic mass is 19.3. The molecule has 1 aromatic heterocycles. The molecule has 0 aliphatic heterocycles. The molecule has 0 aliphatic carbocycles. The number of alkyl halides is 2. The molecule has 0 fully saturated rings. The molecule has 0 saturated heterocycles. The Hall–Kier alpha value is -4.44. The molecule has 1 heterocycles. The molecule has 4 aromatic rings. The predicted octanol–water partition coefficient (Wildman–Crippen LogP) is 5.36. The lowest BCUT2D eigenvalue weighted by atomic mass is 10.1. The topological polar surface area (TPSA) is 90.8 Å². The molecule has 0 aliphatic rings. The van der Waals surface area contributed by atoms with Crippen LogP contribution >= 0.6 is 0 Å². The van der Waals surface area contributed by atoms with Gasteiger partial charge >= 0.3 is 12.6 Å². The molecule has 0 saturated carbocycles. The molecule has 0 atom stereocenters. The Labute approximate surface area is 218 Å². The number of fused-ring (bicyclic) bond motifs is 1. The highest BCUT2D eigenvalue weighted by molar-refractivity contribution is 5.95. The predicted molar refractivity (Wildman–Crippen MR) is 136 cm³/mol. The van der Waals surface area contributed by atoms with Crippen molar-refractivity contribution in [2.24, 2.45) is 0 Å². The van der Waals surface area contributed by atoms with Crippen molar-refractivity contribution in [1.29, 1.82) is 0 Å². The number of hydrazine groups is 1. The summed E-state index contributed by atoms with van der Waals surface area (Å²) in [6.45, 7) is -0.469. The molecule has 10 heteroatoms. The smallest absolute Gasteiger partial charge is 0.387 e. The Morgan fingerprint density at radius 3 is 2.50 bits per heavy atom. The second-order valence-electron chi connectivity index (χ2n) is 8.41. The normalized spacial score (nSPS) is 10.9. The quantitative estimate of drug-likeness (QED) is 0.243. The average Bonchev–Trinajstić information content (AvgIpc) is 3.24. The first-order chi connectivity index (χ1) is 18.4. The highest BCUT2D eigenvalue weighted by Gasteiger charge is 2.15. The first-order valence-corrected chi connectivity index (χ1v) is 12.0. The van der Waals surface area contributed by atoms with Gasteiger partial charge in [-0.3, -0.25) is 10.2 Å². The van der Waals surface area contributed by atoms with Crippen LogP contribution in [0.25, 0.3) is 10.9 Å². The summed E-state index contributed by atoms with van der Waals surface area (Å²) in [7, 11) is 0. The second-order valence-corrected chi connectivity index (χ2v) is 8.41. The molecule has 198 valence electrons. The third kappa shape index (κ3) is 7.07. The zero-order chi connectivity index (χ0) is 26.9. The number of amides is 1. The molecule has 2 N–H and O–H groups in total. The number of carbonyl (C=O) groups is 2. The van der Waals surface area contributed by atoms with E-state index < -0.39 is 12.6 Å². The van der Waals surface area contributed by atoms with Crippen LogP contribution in [0.4, 0.5) is 8.78 Å². The van der Waals surface area contributed by atoms with Crippen LogP contribution < -0.4 is 20.5 Å². The van der Waals surface area contributed by atoms with E-state index in [1.54, 1.807) is 30.3 Å². The van der Waals surface area contributed by atoms with Crippen molar-refractivity contribution in [3.63, 3.8) is 0 Å². The highest BCUT2D eigenvalue weighted by Crippen LogP contribution is 2.26. The van der Waals surface area contributed by atoms with Crippen molar-refractivity contribution in [2.45, 2.75) is 39.5 Å². The average molecular weight is 524 g/mol. The summed E-state index contributed by atoms with van der Waals surface area (Å²) in [5.74, 6) is -0.203. The van der Waals surface area contributed by atoms with Crippen LogP contribution in [0.3, 0.4) is 0 Å². The third-order valence-electron chi connectivity index (χ3n) is 5.63. The minimum atomic E-state index is -2.92. The van der Waals surface area contributed by atoms with Crippen LogP contribution in [-0.4, -0.2) is 23.1 Å². The maximum atomic E-state index is 12.7. The van der Waals surface area contributed by atoms with E-state index in [1.807, 2.05) is 54.0 Å². The zero-order valence-corrected chi connectivity index (χ0v) is 20.7. The Balaban J connectivity index is 1.59. The maximum Gasteiger partial charge on any atom is 0.387 e. The van der Waals surface area contributed by atoms with Gasteiger partial charge in [-0.25, -0.2) is 4.79 Å². The van der Waals surface area contributed by atoms with E-state index in [0.29, 0.717) is 25.1 Å². The fraction of sp³-hybridized carbons (Fsp3) is 0.214. The van der Waals surface area contributed by atoms with Crippen molar-refractivity contribution in [2.75, 3.05) is 0 Å². The number of carbonyl (C=O) groups excluding carboxylic acids is 2. The van der Waals surface area contributed by atoms with Crippen LogP contribution in [0.1, 0.15) is 41.4 Å². The molecule has 38 heavy (non-hydrogen) atoms. The molecule has 0 spiro atoms. The minimum absolute atomic E-state index is 0.0691. The van der Waals surface area contributed by atoms with E-state index in [2.05, 4.69) is 15.8 Å². The van der Waals surface area contributed by atoms with Crippen molar-refractivity contribution in [1.82, 2.24) is 15.6 Å². The number of hydrogen-bond donors (Lipinski definition) is 2. The number of hydrogen-bond acceptors (Lipinski definition) is 6. The van der Waals surface area contributed by atoms with Gasteiger partial charge in [0.05, 0.1) is 11.3 Å². The van der Waals surface area contributed by atoms with E-state index >= 15 is 0 Å². The molecule has 0 bridgehead atoms. The Bertz CT molecular complexity index is 1390. The molecular weight excluding hydrogens is 496 g/mol. The summed E-state index contributed by atoms with van der Waals surface area (Å²) in [5, 5.41) is 0.751. The van der Waals surface area contributed by atoms with Gasteiger partial charge in [-0.1, -0.05) is 42.8 Å². The molecule has 4 rings (SSSR count). The fourth-order valence-electron chi connectivity index (χ4n) is 3.92. The first-order valence-electron chi connectivity index (χ1n) is 12.0. The monoisotopic (exact) mass is 523 g/mol. The first kappa shape index (κ1) is 26.6. The van der Waals surface area contributed by atoms with E-state index in [-0.39, 0.29) is 23.8 Å². The van der Waals surface area contributed by atoms with Crippen LogP contribution in [0.15, 0.2) is 78.9 Å². The van der Waals surface area contributed by atoms with Crippen molar-refractivity contribution in [3.05, 3.63) is 95.7 Å². The van der Waals surface area contributed by atoms with Gasteiger partial charge in [-0.05, 0) is 60.5 Å². The van der Waals surface area contributed by atoms with Gasteiger partial charge in [0, 0.05) is 23.9 Å². The van der Waals surface area contributed by atoms with Gasteiger partial charge in [-0.2, -0.15) is 8.78 Å². The van der Waals surface area contributed by atoms with Crippen LogP contribution in [0.5, 0.6) is 11.5 Å². The van der Waals surface area contributed by atoms with Gasteiger partial charge in [0.2, 0.25) is 5.91 Å². The van der Waals surface area contributed by atoms with E-state index in [0.717, 1.165) is 22.2 Å². The Kier molecular flexibility index (Phi) is 8.89. The van der Waals surface area contributed by atoms with E-state index in [4.69, 9.17) is 9.57 Å². The largest absolute Gasteiger partial charge is 0.487 e.